The minimum atomic E-state index is -4.50. The number of methoxy groups -OCH3 is 1. The number of aryl methyl sites for hydroxylation is 1. The van der Waals surface area contributed by atoms with Crippen molar-refractivity contribution in [1.29, 1.82) is 0 Å². The number of thiazole rings is 1. The van der Waals surface area contributed by atoms with Gasteiger partial charge in [-0.25, -0.2) is 4.57 Å². The predicted octanol–water partition coefficient (Wildman–Crippen LogP) is 9.04. The molecule has 7 nitrogen and oxygen atoms in total. The van der Waals surface area contributed by atoms with Crippen LogP contribution >= 0.6 is 19.2 Å². The Balaban J connectivity index is 1.43. The third kappa shape index (κ3) is 12.1. The minimum absolute atomic E-state index is 0.0890. The molecule has 0 spiro atoms. The Morgan fingerprint density at radius 2 is 1.49 bits per heavy atom. The molecule has 0 saturated carbocycles. The molecule has 0 aliphatic carbocycles. The van der Waals surface area contributed by atoms with E-state index < -0.39 is 7.82 Å². The highest BCUT2D eigenvalue weighted by atomic mass is 32.1. The molecule has 41 heavy (non-hydrogen) atoms. The second-order valence-corrected chi connectivity index (χ2v) is 12.5. The lowest BCUT2D eigenvalue weighted by molar-refractivity contribution is -0.689. The fraction of sp³-hybridized carbons (Fsp3) is 0.531. The van der Waals surface area contributed by atoms with Gasteiger partial charge in [-0.3, -0.25) is 4.89 Å². The second-order valence-electron chi connectivity index (χ2n) is 10.5. The maximum atomic E-state index is 12.9. The number of para-hydroxylation sites is 1. The zero-order chi connectivity index (χ0) is 29.3. The molecule has 1 unspecified atom stereocenters. The largest absolute Gasteiger partial charge is 0.585 e. The average Bonchev–Trinajstić information content (AvgIpc) is 3.35. The van der Waals surface area contributed by atoms with Gasteiger partial charge in [-0.1, -0.05) is 107 Å². The molecular weight excluding hydrogens is 557 g/mol. The maximum Gasteiger partial charge on any atom is 0.585 e. The van der Waals surface area contributed by atoms with Crippen LogP contribution in [0.1, 0.15) is 95.2 Å². The summed E-state index contributed by atoms with van der Waals surface area (Å²) in [6.45, 7) is 5.47. The van der Waals surface area contributed by atoms with Gasteiger partial charge in [0, 0.05) is 12.5 Å². The number of hydrogen-bond acceptors (Lipinski definition) is 6. The van der Waals surface area contributed by atoms with E-state index >= 15 is 0 Å². The molecule has 1 heterocycles. The van der Waals surface area contributed by atoms with Gasteiger partial charge in [0.25, 0.3) is 0 Å². The Morgan fingerprint density at radius 1 is 0.854 bits per heavy atom. The highest BCUT2D eigenvalue weighted by molar-refractivity contribution is 7.48. The number of unbranched alkanes of at least 4 members (excludes halogenated alkanes) is 11. The highest BCUT2D eigenvalue weighted by Gasteiger charge is 2.28. The number of nitrogens with zero attached hydrogens (tertiary/aromatic N) is 1. The zero-order valence-electron chi connectivity index (χ0n) is 24.9. The van der Waals surface area contributed by atoms with Crippen molar-refractivity contribution in [3.63, 3.8) is 0 Å². The smallest absolute Gasteiger partial charge is 0.490 e. The topological polar surface area (TPSA) is 78.1 Å². The van der Waals surface area contributed by atoms with Gasteiger partial charge >= 0.3 is 7.82 Å². The molecule has 1 aromatic heterocycles. The Hall–Kier alpha value is -2.54. The molecule has 0 aliphatic heterocycles. The van der Waals surface area contributed by atoms with Crippen LogP contribution in [0, 0.1) is 6.92 Å². The summed E-state index contributed by atoms with van der Waals surface area (Å²) in [4.78, 5) is 10.5. The summed E-state index contributed by atoms with van der Waals surface area (Å²) in [5.74, 6) is 1.08. The van der Waals surface area contributed by atoms with Gasteiger partial charge in [0.2, 0.25) is 11.3 Å². The number of phosphoric acid groups is 1. The van der Waals surface area contributed by atoms with Gasteiger partial charge in [0.1, 0.15) is 5.75 Å². The van der Waals surface area contributed by atoms with E-state index in [2.05, 4.69) is 16.9 Å². The van der Waals surface area contributed by atoms with Crippen LogP contribution in [-0.4, -0.2) is 18.6 Å². The third-order valence-electron chi connectivity index (χ3n) is 6.97. The van der Waals surface area contributed by atoms with E-state index in [9.17, 15) is 9.46 Å². The number of benzene rings is 2. The lowest BCUT2D eigenvalue weighted by Crippen LogP contribution is -2.34. The van der Waals surface area contributed by atoms with Crippen LogP contribution in [0.25, 0.3) is 0 Å². The van der Waals surface area contributed by atoms with Gasteiger partial charge in [-0.2, -0.15) is 4.57 Å². The molecule has 2 aromatic carbocycles. The van der Waals surface area contributed by atoms with Crippen molar-refractivity contribution in [2.45, 2.75) is 97.4 Å². The van der Waals surface area contributed by atoms with Crippen molar-refractivity contribution >= 4 is 19.2 Å². The molecule has 0 fully saturated rings. The van der Waals surface area contributed by atoms with E-state index in [0.29, 0.717) is 18.9 Å². The van der Waals surface area contributed by atoms with E-state index in [1.54, 1.807) is 47.7 Å². The molecule has 0 bridgehead atoms. The highest BCUT2D eigenvalue weighted by Crippen LogP contribution is 2.49. The summed E-state index contributed by atoms with van der Waals surface area (Å²) in [6, 6.07) is 12.1. The van der Waals surface area contributed by atoms with Gasteiger partial charge in [0.05, 0.1) is 19.1 Å². The van der Waals surface area contributed by atoms with Crippen molar-refractivity contribution in [3.05, 3.63) is 64.6 Å². The summed E-state index contributed by atoms with van der Waals surface area (Å²) < 4.78 is 37.3. The Morgan fingerprint density at radius 3 is 2.12 bits per heavy atom. The molecule has 1 N–H and O–H groups in total. The number of hydrogen-bond donors (Lipinski definition) is 1. The average molecular weight is 605 g/mol. The van der Waals surface area contributed by atoms with Gasteiger partial charge in [-0.05, 0) is 30.7 Å². The summed E-state index contributed by atoms with van der Waals surface area (Å²) in [5.41, 5.74) is 4.12. The van der Waals surface area contributed by atoms with Crippen LogP contribution in [-0.2, 0) is 11.1 Å². The second kappa shape index (κ2) is 18.1. The van der Waals surface area contributed by atoms with Gasteiger partial charge in [0.15, 0.2) is 23.7 Å². The first kappa shape index (κ1) is 33.0. The van der Waals surface area contributed by atoms with Crippen molar-refractivity contribution in [2.75, 3.05) is 13.7 Å². The summed E-state index contributed by atoms with van der Waals surface area (Å²) >= 11 is 1.62. The van der Waals surface area contributed by atoms with Crippen molar-refractivity contribution < 1.29 is 32.5 Å². The van der Waals surface area contributed by atoms with Crippen molar-refractivity contribution in [3.8, 4) is 23.0 Å². The number of aromatic nitrogens is 1. The quantitative estimate of drug-likeness (QED) is 0.0743. The molecule has 3 aromatic rings. The number of ether oxygens (including phenoxy) is 2. The van der Waals surface area contributed by atoms with Gasteiger partial charge in [-0.15, -0.1) is 0 Å². The van der Waals surface area contributed by atoms with Crippen LogP contribution in [0.3, 0.4) is 0 Å². The molecule has 0 radical (unpaired) electrons. The predicted molar refractivity (Wildman–Crippen MR) is 165 cm³/mol. The van der Waals surface area contributed by atoms with E-state index in [-0.39, 0.29) is 17.2 Å². The summed E-state index contributed by atoms with van der Waals surface area (Å²) in [6.07, 6.45) is 15.3. The van der Waals surface area contributed by atoms with Crippen LogP contribution in [0.4, 0.5) is 0 Å². The first-order valence-corrected chi connectivity index (χ1v) is 17.4. The monoisotopic (exact) mass is 604 g/mol. The molecule has 9 heteroatoms. The van der Waals surface area contributed by atoms with E-state index in [4.69, 9.17) is 18.5 Å². The molecule has 3 rings (SSSR count). The van der Waals surface area contributed by atoms with Gasteiger partial charge < -0.3 is 18.5 Å². The molecule has 1 atom stereocenters. The minimum Gasteiger partial charge on any atom is -0.490 e. The van der Waals surface area contributed by atoms with Crippen LogP contribution in [0.5, 0.6) is 23.0 Å². The fourth-order valence-electron chi connectivity index (χ4n) is 4.70. The lowest BCUT2D eigenvalue weighted by atomic mass is 10.1. The Kier molecular flexibility index (Phi) is 14.5. The summed E-state index contributed by atoms with van der Waals surface area (Å²) in [7, 11) is -3.01. The third-order valence-corrected chi connectivity index (χ3v) is 8.69. The van der Waals surface area contributed by atoms with Crippen LogP contribution < -0.4 is 23.1 Å². The molecular formula is C32H47NO6PS+. The Bertz CT molecular complexity index is 1220. The van der Waals surface area contributed by atoms with Crippen LogP contribution in [0.2, 0.25) is 0 Å². The SMILES string of the molecule is CCCCCCCCCCCCCCOc1cccc(OP(=O)(O)Oc2cccc(C[n+]3cscc3C)c2)c1OC. The lowest BCUT2D eigenvalue weighted by Gasteiger charge is -2.18. The van der Waals surface area contributed by atoms with Crippen molar-refractivity contribution in [2.24, 2.45) is 0 Å². The molecule has 226 valence electrons. The first-order valence-electron chi connectivity index (χ1n) is 14.9. The summed E-state index contributed by atoms with van der Waals surface area (Å²) in [5, 5.41) is 2.07. The Labute approximate surface area is 250 Å². The normalized spacial score (nSPS) is 12.6. The van der Waals surface area contributed by atoms with E-state index in [1.165, 1.54) is 71.3 Å². The molecule has 0 amide bonds. The van der Waals surface area contributed by atoms with E-state index in [0.717, 1.165) is 24.1 Å². The molecule has 0 aliphatic rings. The fourth-order valence-corrected chi connectivity index (χ4v) is 6.29. The maximum absolute atomic E-state index is 12.9. The zero-order valence-corrected chi connectivity index (χ0v) is 26.6. The number of rotatable bonds is 21. The molecule has 0 saturated heterocycles. The standard InChI is InChI=1S/C32H46NO6PS/c1-4-5-6-7-8-9-10-11-12-13-14-15-22-37-30-20-17-21-31(32(30)36-3)39-40(34,35)38-29-19-16-18-28(23-29)24-33-26-41-25-27(33)2/h16-21,23,25-26H,4-15,22,24H2,1-3H3/p+1. The van der Waals surface area contributed by atoms with Crippen molar-refractivity contribution in [1.82, 2.24) is 0 Å². The van der Waals surface area contributed by atoms with E-state index in [1.807, 2.05) is 18.5 Å². The first-order chi connectivity index (χ1) is 19.9. The number of phosphoric ester groups is 1. The van der Waals surface area contributed by atoms with Crippen LogP contribution in [0.15, 0.2) is 53.4 Å².